The van der Waals surface area contributed by atoms with E-state index in [1.165, 1.54) is 0 Å². The van der Waals surface area contributed by atoms with E-state index in [-0.39, 0.29) is 11.9 Å². The van der Waals surface area contributed by atoms with Crippen molar-refractivity contribution in [2.24, 2.45) is 5.73 Å². The van der Waals surface area contributed by atoms with Crippen LogP contribution in [0.2, 0.25) is 0 Å². The number of hydrogen-bond acceptors (Lipinski definition) is 2. The van der Waals surface area contributed by atoms with Crippen molar-refractivity contribution in [3.8, 4) is 0 Å². The Morgan fingerprint density at radius 3 is 2.50 bits per heavy atom. The third-order valence-corrected chi connectivity index (χ3v) is 1.64. The van der Waals surface area contributed by atoms with E-state index in [0.29, 0.717) is 0 Å². The molecule has 0 saturated carbocycles. The molecule has 0 fully saturated rings. The summed E-state index contributed by atoms with van der Waals surface area (Å²) in [5, 5.41) is 0. The molecule has 0 aliphatic carbocycles. The number of carbonyl (C=O) groups is 1. The molecular weight excluding hydrogens is 219 g/mol. The van der Waals surface area contributed by atoms with Crippen LogP contribution in [0.4, 0.5) is 0 Å². The molecule has 3 N–H and O–H groups in total. The van der Waals surface area contributed by atoms with Gasteiger partial charge in [0.15, 0.2) is 0 Å². The van der Waals surface area contributed by atoms with Crippen LogP contribution < -0.4 is 9.26 Å². The second kappa shape index (κ2) is 4.08. The average molecular weight is 228 g/mol. The molecule has 0 radical (unpaired) electrons. The van der Waals surface area contributed by atoms with Gasteiger partial charge in [0.25, 0.3) is 0 Å². The van der Waals surface area contributed by atoms with E-state index in [1.807, 2.05) is 29.8 Å². The molecule has 0 heterocycles. The van der Waals surface area contributed by atoms with Gasteiger partial charge in [0.05, 0.1) is 6.04 Å². The first-order chi connectivity index (χ1) is 3.72. The Bertz CT molecular complexity index is 82.1. The van der Waals surface area contributed by atoms with Gasteiger partial charge in [0, 0.05) is 22.9 Å². The second-order valence-corrected chi connectivity index (χ2v) is 2.10. The maximum absolute atomic E-state index is 10.3. The van der Waals surface area contributed by atoms with Crippen molar-refractivity contribution in [2.75, 3.05) is 0 Å². The minimum Gasteiger partial charge on any atom is -0.368 e. The van der Waals surface area contributed by atoms with Crippen LogP contribution in [-0.4, -0.2) is 11.9 Å². The lowest BCUT2D eigenvalue weighted by molar-refractivity contribution is -0.119. The number of primary amides is 1. The van der Waals surface area contributed by atoms with Crippen molar-refractivity contribution in [3.63, 3.8) is 0 Å². The number of carbonyl (C=O) groups excluding carboxylic acids is 1. The Balaban J connectivity index is 3.52. The molecule has 4 heteroatoms. The maximum atomic E-state index is 10.3. The number of nitrogens with two attached hydrogens (primary N) is 1. The Labute approximate surface area is 62.5 Å². The number of halogens is 1. The van der Waals surface area contributed by atoms with E-state index in [9.17, 15) is 4.79 Å². The second-order valence-electron chi connectivity index (χ2n) is 1.47. The van der Waals surface area contributed by atoms with Crippen molar-refractivity contribution < 1.29 is 4.79 Å². The number of nitrogens with one attached hydrogen (secondary N) is 1. The van der Waals surface area contributed by atoms with Crippen molar-refractivity contribution >= 4 is 28.8 Å². The van der Waals surface area contributed by atoms with Crippen LogP contribution in [0.5, 0.6) is 0 Å². The minimum atomic E-state index is -0.290. The summed E-state index contributed by atoms with van der Waals surface area (Å²) in [6, 6.07) is -0.171. The molecule has 0 aromatic carbocycles. The third kappa shape index (κ3) is 2.46. The summed E-state index contributed by atoms with van der Waals surface area (Å²) in [6.07, 6.45) is 0.748. The highest BCUT2D eigenvalue weighted by atomic mass is 127. The highest BCUT2D eigenvalue weighted by molar-refractivity contribution is 14.1. The molecule has 1 amide bonds. The largest absolute Gasteiger partial charge is 0.368 e. The van der Waals surface area contributed by atoms with Crippen molar-refractivity contribution in [1.29, 1.82) is 0 Å². The van der Waals surface area contributed by atoms with Gasteiger partial charge in [-0.3, -0.25) is 4.79 Å². The molecule has 0 saturated heterocycles. The van der Waals surface area contributed by atoms with E-state index < -0.39 is 0 Å². The van der Waals surface area contributed by atoms with Gasteiger partial charge in [0.1, 0.15) is 0 Å². The van der Waals surface area contributed by atoms with E-state index >= 15 is 0 Å². The third-order valence-electron chi connectivity index (χ3n) is 0.883. The van der Waals surface area contributed by atoms with Gasteiger partial charge < -0.3 is 5.73 Å². The topological polar surface area (TPSA) is 55.1 Å². The highest BCUT2D eigenvalue weighted by Crippen LogP contribution is 1.90. The van der Waals surface area contributed by atoms with E-state index in [4.69, 9.17) is 5.73 Å². The zero-order valence-electron chi connectivity index (χ0n) is 4.65. The molecule has 8 heavy (non-hydrogen) atoms. The summed E-state index contributed by atoms with van der Waals surface area (Å²) in [5.41, 5.74) is 4.95. The Morgan fingerprint density at radius 2 is 2.50 bits per heavy atom. The fourth-order valence-corrected chi connectivity index (χ4v) is 1.08. The first-order valence-corrected chi connectivity index (χ1v) is 3.45. The van der Waals surface area contributed by atoms with Gasteiger partial charge in [-0.25, -0.2) is 3.53 Å². The van der Waals surface area contributed by atoms with Crippen molar-refractivity contribution in [3.05, 3.63) is 0 Å². The normalized spacial score (nSPS) is 13.2. The fraction of sp³-hybridized carbons (Fsp3) is 0.750. The predicted octanol–water partition coefficient (Wildman–Crippen LogP) is 0.190. The van der Waals surface area contributed by atoms with Crippen LogP contribution in [0, 0.1) is 0 Å². The monoisotopic (exact) mass is 228 g/mol. The summed E-state index contributed by atoms with van der Waals surface area (Å²) >= 11 is 1.91. The first-order valence-electron chi connectivity index (χ1n) is 2.37. The van der Waals surface area contributed by atoms with Crippen molar-refractivity contribution in [2.45, 2.75) is 19.4 Å². The summed E-state index contributed by atoms with van der Waals surface area (Å²) in [7, 11) is 0. The van der Waals surface area contributed by atoms with Gasteiger partial charge in [-0.2, -0.15) is 0 Å². The molecule has 0 bridgehead atoms. The molecule has 1 atom stereocenters. The first kappa shape index (κ1) is 8.16. The predicted molar refractivity (Wildman–Crippen MR) is 40.4 cm³/mol. The van der Waals surface area contributed by atoms with Gasteiger partial charge in [-0.05, 0) is 6.42 Å². The molecule has 0 spiro atoms. The zero-order valence-corrected chi connectivity index (χ0v) is 6.81. The van der Waals surface area contributed by atoms with Crippen LogP contribution in [0.1, 0.15) is 13.3 Å². The van der Waals surface area contributed by atoms with Crippen LogP contribution in [0.25, 0.3) is 0 Å². The van der Waals surface area contributed by atoms with Gasteiger partial charge in [-0.1, -0.05) is 6.92 Å². The Kier molecular flexibility index (Phi) is 4.16. The zero-order chi connectivity index (χ0) is 6.57. The quantitative estimate of drug-likeness (QED) is 0.535. The van der Waals surface area contributed by atoms with Crippen LogP contribution >= 0.6 is 22.9 Å². The molecular formula is C4H9IN2O. The molecule has 3 nitrogen and oxygen atoms in total. The number of rotatable bonds is 3. The minimum absolute atomic E-state index is 0.171. The Morgan fingerprint density at radius 1 is 2.00 bits per heavy atom. The molecule has 0 aliphatic rings. The van der Waals surface area contributed by atoms with Crippen LogP contribution in [-0.2, 0) is 4.79 Å². The molecule has 0 rings (SSSR count). The number of hydrogen-bond donors (Lipinski definition) is 2. The summed E-state index contributed by atoms with van der Waals surface area (Å²) < 4.78 is 2.75. The Hall–Kier alpha value is 0.160. The van der Waals surface area contributed by atoms with E-state index in [0.717, 1.165) is 6.42 Å². The van der Waals surface area contributed by atoms with Gasteiger partial charge in [-0.15, -0.1) is 0 Å². The molecule has 48 valence electrons. The molecule has 0 aromatic heterocycles. The average Bonchev–Trinajstić information content (AvgIpc) is 1.69. The summed E-state index contributed by atoms with van der Waals surface area (Å²) in [4.78, 5) is 10.3. The maximum Gasteiger partial charge on any atom is 0.235 e. The van der Waals surface area contributed by atoms with Gasteiger partial charge >= 0.3 is 0 Å². The molecule has 0 aliphatic heterocycles. The molecule has 0 aromatic rings. The highest BCUT2D eigenvalue weighted by Gasteiger charge is 2.08. The van der Waals surface area contributed by atoms with E-state index in [2.05, 4.69) is 3.53 Å². The van der Waals surface area contributed by atoms with Gasteiger partial charge in [0.2, 0.25) is 5.91 Å². The lowest BCUT2D eigenvalue weighted by atomic mass is 10.2. The molecule has 0 unspecified atom stereocenters. The van der Waals surface area contributed by atoms with Crippen molar-refractivity contribution in [1.82, 2.24) is 3.53 Å². The number of amides is 1. The summed E-state index contributed by atoms with van der Waals surface area (Å²) in [5.74, 6) is -0.290. The standard InChI is InChI=1S/C4H9IN2O/c1-2-3(7-5)4(6)8/h3,7H,2H2,1H3,(H2,6,8)/t3-/m0/s1. The fourth-order valence-electron chi connectivity index (χ4n) is 0.332. The van der Waals surface area contributed by atoms with E-state index in [1.54, 1.807) is 0 Å². The smallest absolute Gasteiger partial charge is 0.235 e. The van der Waals surface area contributed by atoms with Crippen LogP contribution in [0.15, 0.2) is 0 Å². The van der Waals surface area contributed by atoms with Crippen LogP contribution in [0.3, 0.4) is 0 Å². The SMILES string of the molecule is CC[C@H](NI)C(N)=O. The lowest BCUT2D eigenvalue weighted by Gasteiger charge is -2.04. The summed E-state index contributed by atoms with van der Waals surface area (Å²) in [6.45, 7) is 1.90. The lowest BCUT2D eigenvalue weighted by Crippen LogP contribution is -2.35.